The van der Waals surface area contributed by atoms with Crippen molar-refractivity contribution in [1.82, 2.24) is 0 Å². The van der Waals surface area contributed by atoms with E-state index >= 15 is 0 Å². The lowest BCUT2D eigenvalue weighted by atomic mass is 10.2. The Kier molecular flexibility index (Phi) is 4.10. The first-order valence-corrected chi connectivity index (χ1v) is 4.28. The predicted molar refractivity (Wildman–Crippen MR) is 37.8 cm³/mol. The molecule has 0 fully saturated rings. The molecular formula is C5H7O6P. The number of rotatable bonds is 4. The van der Waals surface area contributed by atoms with Gasteiger partial charge in [0.25, 0.3) is 0 Å². The van der Waals surface area contributed by atoms with E-state index in [4.69, 9.17) is 14.9 Å². The summed E-state index contributed by atoms with van der Waals surface area (Å²) in [6, 6.07) is 0. The van der Waals surface area contributed by atoms with Gasteiger partial charge in [-0.15, -0.1) is 6.42 Å². The molecule has 0 heterocycles. The molecule has 0 rings (SSSR count). The van der Waals surface area contributed by atoms with Crippen molar-refractivity contribution in [3.63, 3.8) is 0 Å². The second-order valence-corrected chi connectivity index (χ2v) is 3.05. The lowest BCUT2D eigenvalue weighted by Gasteiger charge is -2.07. The highest BCUT2D eigenvalue weighted by atomic mass is 31.2. The highest BCUT2D eigenvalue weighted by Crippen LogP contribution is 2.35. The van der Waals surface area contributed by atoms with Gasteiger partial charge in [-0.2, -0.15) is 0 Å². The molecule has 68 valence electrons. The number of hydrogen-bond acceptors (Lipinski definition) is 4. The predicted octanol–water partition coefficient (Wildman–Crippen LogP) is -1.34. The average molecular weight is 194 g/mol. The molecule has 6 nitrogen and oxygen atoms in total. The van der Waals surface area contributed by atoms with Gasteiger partial charge in [0, 0.05) is 0 Å². The number of carbonyl (C=O) groups is 1. The molecule has 1 atom stereocenters. The van der Waals surface area contributed by atoms with Crippen LogP contribution in [-0.2, 0) is 13.9 Å². The van der Waals surface area contributed by atoms with Crippen molar-refractivity contribution >= 4 is 13.6 Å². The van der Waals surface area contributed by atoms with E-state index in [1.165, 1.54) is 0 Å². The number of carbonyl (C=O) groups excluding carboxylic acids is 1. The third kappa shape index (κ3) is 5.02. The topological polar surface area (TPSA) is 104 Å². The minimum Gasteiger partial charge on any atom is -0.382 e. The maximum atomic E-state index is 10.4. The lowest BCUT2D eigenvalue weighted by Crippen LogP contribution is -2.23. The maximum Gasteiger partial charge on any atom is 0.469 e. The lowest BCUT2D eigenvalue weighted by molar-refractivity contribution is -0.122. The average Bonchev–Trinajstić information content (AvgIpc) is 1.97. The van der Waals surface area contributed by atoms with Crippen LogP contribution in [0.15, 0.2) is 0 Å². The number of aliphatic hydroxyl groups excluding tert-OH is 1. The Hall–Kier alpha value is -0.700. The van der Waals surface area contributed by atoms with Crippen LogP contribution in [0.1, 0.15) is 0 Å². The van der Waals surface area contributed by atoms with Crippen LogP contribution < -0.4 is 0 Å². The molecule has 1 unspecified atom stereocenters. The Labute approximate surface area is 68.4 Å². The van der Waals surface area contributed by atoms with Crippen LogP contribution in [0.5, 0.6) is 0 Å². The summed E-state index contributed by atoms with van der Waals surface area (Å²) >= 11 is 0. The molecule has 0 saturated heterocycles. The summed E-state index contributed by atoms with van der Waals surface area (Å²) in [5.74, 6) is 0.596. The molecule has 0 amide bonds. The first kappa shape index (κ1) is 11.3. The zero-order chi connectivity index (χ0) is 9.78. The minimum atomic E-state index is -4.65. The summed E-state index contributed by atoms with van der Waals surface area (Å²) in [6.45, 7) is -0.812. The van der Waals surface area contributed by atoms with Gasteiger partial charge in [0.2, 0.25) is 5.78 Å². The van der Waals surface area contributed by atoms with Gasteiger partial charge in [-0.05, 0) is 5.92 Å². The SMILES string of the molecule is C#CC(=O)C(O)COP(=O)(O)O. The fraction of sp³-hybridized carbons (Fsp3) is 0.400. The minimum absolute atomic E-state index is 0.812. The van der Waals surface area contributed by atoms with E-state index in [-0.39, 0.29) is 0 Å². The molecule has 0 aliphatic rings. The van der Waals surface area contributed by atoms with Crippen LogP contribution in [0.4, 0.5) is 0 Å². The van der Waals surface area contributed by atoms with E-state index in [1.54, 1.807) is 5.92 Å². The van der Waals surface area contributed by atoms with Crippen LogP contribution in [-0.4, -0.2) is 33.4 Å². The first-order valence-electron chi connectivity index (χ1n) is 2.75. The van der Waals surface area contributed by atoms with Gasteiger partial charge in [0.05, 0.1) is 6.61 Å². The summed E-state index contributed by atoms with van der Waals surface area (Å²) < 4.78 is 13.9. The van der Waals surface area contributed by atoms with Crippen molar-refractivity contribution in [3.8, 4) is 12.3 Å². The van der Waals surface area contributed by atoms with Gasteiger partial charge >= 0.3 is 7.82 Å². The number of hydrogen-bond donors (Lipinski definition) is 3. The molecule has 0 aliphatic carbocycles. The van der Waals surface area contributed by atoms with Gasteiger partial charge in [0.15, 0.2) is 0 Å². The van der Waals surface area contributed by atoms with Gasteiger partial charge < -0.3 is 14.9 Å². The Balaban J connectivity index is 3.90. The Bertz CT molecular complexity index is 247. The van der Waals surface area contributed by atoms with E-state index in [0.717, 1.165) is 0 Å². The monoisotopic (exact) mass is 194 g/mol. The normalized spacial score (nSPS) is 13.5. The zero-order valence-corrected chi connectivity index (χ0v) is 6.77. The summed E-state index contributed by atoms with van der Waals surface area (Å²) in [6.07, 6.45) is 2.91. The molecule has 7 heteroatoms. The van der Waals surface area contributed by atoms with Crippen molar-refractivity contribution in [3.05, 3.63) is 0 Å². The van der Waals surface area contributed by atoms with Crippen LogP contribution in [0.3, 0.4) is 0 Å². The zero-order valence-electron chi connectivity index (χ0n) is 5.88. The first-order chi connectivity index (χ1) is 5.37. The van der Waals surface area contributed by atoms with E-state index in [2.05, 4.69) is 10.9 Å². The third-order valence-corrected chi connectivity index (χ3v) is 1.33. The van der Waals surface area contributed by atoms with E-state index in [0.29, 0.717) is 0 Å². The molecule has 0 aromatic rings. The number of ketones is 1. The molecular weight excluding hydrogens is 187 g/mol. The van der Waals surface area contributed by atoms with Gasteiger partial charge in [-0.1, -0.05) is 0 Å². The summed E-state index contributed by atoms with van der Waals surface area (Å²) in [5.41, 5.74) is 0. The van der Waals surface area contributed by atoms with Gasteiger partial charge in [-0.3, -0.25) is 9.32 Å². The second-order valence-electron chi connectivity index (χ2n) is 1.81. The molecule has 0 radical (unpaired) electrons. The molecule has 0 aromatic carbocycles. The fourth-order valence-electron chi connectivity index (χ4n) is 0.340. The number of aliphatic hydroxyl groups is 1. The van der Waals surface area contributed by atoms with E-state index in [1.807, 2.05) is 0 Å². The second kappa shape index (κ2) is 4.36. The van der Waals surface area contributed by atoms with Crippen LogP contribution in [0.2, 0.25) is 0 Å². The number of phosphoric ester groups is 1. The molecule has 0 aliphatic heterocycles. The number of Topliss-reactive ketones (excluding diaryl/α,β-unsaturated/α-hetero) is 1. The number of terminal acetylenes is 1. The maximum absolute atomic E-state index is 10.4. The summed E-state index contributed by atoms with van der Waals surface area (Å²) in [7, 11) is -4.65. The fourth-order valence-corrected chi connectivity index (χ4v) is 0.675. The Morgan fingerprint density at radius 3 is 2.50 bits per heavy atom. The largest absolute Gasteiger partial charge is 0.469 e. The quantitative estimate of drug-likeness (QED) is 0.290. The highest BCUT2D eigenvalue weighted by molar-refractivity contribution is 7.46. The smallest absolute Gasteiger partial charge is 0.382 e. The summed E-state index contributed by atoms with van der Waals surface area (Å²) in [5, 5.41) is 8.72. The molecule has 0 saturated carbocycles. The van der Waals surface area contributed by atoms with Crippen molar-refractivity contribution in [1.29, 1.82) is 0 Å². The molecule has 12 heavy (non-hydrogen) atoms. The van der Waals surface area contributed by atoms with Crippen molar-refractivity contribution in [2.75, 3.05) is 6.61 Å². The molecule has 0 bridgehead atoms. The standard InChI is InChI=1S/C5H7O6P/c1-2-4(6)5(7)3-11-12(8,9)10/h1,5,7H,3H2,(H2,8,9,10). The Morgan fingerprint density at radius 1 is 1.67 bits per heavy atom. The van der Waals surface area contributed by atoms with Crippen molar-refractivity contribution in [2.24, 2.45) is 0 Å². The number of phosphoric acid groups is 1. The van der Waals surface area contributed by atoms with Gasteiger partial charge in [-0.25, -0.2) is 4.57 Å². The van der Waals surface area contributed by atoms with Crippen LogP contribution >= 0.6 is 7.82 Å². The molecule has 3 N–H and O–H groups in total. The van der Waals surface area contributed by atoms with E-state index in [9.17, 15) is 9.36 Å². The van der Waals surface area contributed by atoms with Crippen LogP contribution in [0, 0.1) is 12.3 Å². The van der Waals surface area contributed by atoms with E-state index < -0.39 is 26.3 Å². The van der Waals surface area contributed by atoms with Crippen LogP contribution in [0.25, 0.3) is 0 Å². The Morgan fingerprint density at radius 2 is 2.17 bits per heavy atom. The summed E-state index contributed by atoms with van der Waals surface area (Å²) in [4.78, 5) is 26.7. The van der Waals surface area contributed by atoms with Crippen molar-refractivity contribution < 1.29 is 28.8 Å². The molecule has 0 aromatic heterocycles. The third-order valence-electron chi connectivity index (χ3n) is 0.845. The highest BCUT2D eigenvalue weighted by Gasteiger charge is 2.20. The van der Waals surface area contributed by atoms with Gasteiger partial charge in [0.1, 0.15) is 6.10 Å². The van der Waals surface area contributed by atoms with Crippen molar-refractivity contribution in [2.45, 2.75) is 6.10 Å². The molecule has 0 spiro atoms.